The summed E-state index contributed by atoms with van der Waals surface area (Å²) in [6.45, 7) is 6.37. The van der Waals surface area contributed by atoms with Crippen molar-refractivity contribution in [2.24, 2.45) is 5.92 Å². The van der Waals surface area contributed by atoms with Crippen LogP contribution in [0.2, 0.25) is 0 Å². The molecule has 2 rings (SSSR count). The van der Waals surface area contributed by atoms with Gasteiger partial charge in [-0.05, 0) is 46.0 Å². The number of hydrogen-bond donors (Lipinski definition) is 3. The molecule has 1 atom stereocenters. The van der Waals surface area contributed by atoms with E-state index in [2.05, 4.69) is 10.6 Å². The highest BCUT2D eigenvalue weighted by molar-refractivity contribution is 5.75. The van der Waals surface area contributed by atoms with Crippen LogP contribution >= 0.6 is 0 Å². The van der Waals surface area contributed by atoms with Crippen LogP contribution in [0.25, 0.3) is 0 Å². The van der Waals surface area contributed by atoms with Gasteiger partial charge in [0, 0.05) is 31.7 Å². The van der Waals surface area contributed by atoms with Gasteiger partial charge >= 0.3 is 12.0 Å². The highest BCUT2D eigenvalue weighted by Gasteiger charge is 2.31. The van der Waals surface area contributed by atoms with Gasteiger partial charge in [-0.1, -0.05) is 0 Å². The number of aliphatic hydroxyl groups is 1. The molecule has 1 aliphatic heterocycles. The minimum absolute atomic E-state index is 0.0125. The Balaban J connectivity index is 1.60. The van der Waals surface area contributed by atoms with Crippen LogP contribution in [0.5, 0.6) is 0 Å². The molecular weight excluding hydrogens is 310 g/mol. The Morgan fingerprint density at radius 2 is 1.92 bits per heavy atom. The van der Waals surface area contributed by atoms with E-state index in [1.54, 1.807) is 0 Å². The molecule has 1 heterocycles. The van der Waals surface area contributed by atoms with Crippen LogP contribution in [0, 0.1) is 5.92 Å². The monoisotopic (exact) mass is 341 g/mol. The molecular formula is C17H31N3O4. The molecule has 7 heteroatoms. The maximum Gasteiger partial charge on any atom is 0.317 e. The second-order valence-electron chi connectivity index (χ2n) is 7.53. The molecule has 3 N–H and O–H groups in total. The van der Waals surface area contributed by atoms with Gasteiger partial charge in [-0.15, -0.1) is 0 Å². The molecule has 1 saturated heterocycles. The molecule has 1 saturated carbocycles. The van der Waals surface area contributed by atoms with Gasteiger partial charge in [0.15, 0.2) is 0 Å². The summed E-state index contributed by atoms with van der Waals surface area (Å²) in [6, 6.07) is -0.0245. The van der Waals surface area contributed by atoms with Crippen molar-refractivity contribution in [3.05, 3.63) is 0 Å². The number of amides is 2. The minimum Gasteiger partial charge on any atom is -0.463 e. The molecule has 138 valence electrons. The molecule has 0 bridgehead atoms. The lowest BCUT2D eigenvalue weighted by Crippen LogP contribution is -2.54. The molecule has 2 fully saturated rings. The Morgan fingerprint density at radius 1 is 1.25 bits per heavy atom. The van der Waals surface area contributed by atoms with Gasteiger partial charge in [-0.2, -0.15) is 0 Å². The quantitative estimate of drug-likeness (QED) is 0.570. The molecule has 0 aromatic carbocycles. The smallest absolute Gasteiger partial charge is 0.317 e. The van der Waals surface area contributed by atoms with Crippen LogP contribution < -0.4 is 10.6 Å². The zero-order valence-electron chi connectivity index (χ0n) is 14.8. The van der Waals surface area contributed by atoms with Crippen LogP contribution in [0.3, 0.4) is 0 Å². The third kappa shape index (κ3) is 6.65. The van der Waals surface area contributed by atoms with Gasteiger partial charge in [-0.25, -0.2) is 4.79 Å². The summed E-state index contributed by atoms with van der Waals surface area (Å²) in [4.78, 5) is 25.4. The van der Waals surface area contributed by atoms with Gasteiger partial charge in [0.25, 0.3) is 0 Å². The number of carbonyl (C=O) groups is 2. The van der Waals surface area contributed by atoms with Crippen molar-refractivity contribution in [2.45, 2.75) is 57.6 Å². The van der Waals surface area contributed by atoms with Gasteiger partial charge in [0.05, 0.1) is 5.92 Å². The average molecular weight is 341 g/mol. The first-order chi connectivity index (χ1) is 11.4. The summed E-state index contributed by atoms with van der Waals surface area (Å²) >= 11 is 0. The molecule has 0 aromatic heterocycles. The maximum absolute atomic E-state index is 12.1. The summed E-state index contributed by atoms with van der Waals surface area (Å²) < 4.78 is 5.07. The number of ether oxygens (including phenoxy) is 1. The number of aliphatic hydroxyl groups excluding tert-OH is 1. The fraction of sp³-hybridized carbons (Fsp3) is 0.882. The van der Waals surface area contributed by atoms with E-state index in [4.69, 9.17) is 4.74 Å². The normalized spacial score (nSPS) is 19.7. The van der Waals surface area contributed by atoms with Crippen molar-refractivity contribution < 1.29 is 19.4 Å². The van der Waals surface area contributed by atoms with Crippen LogP contribution in [0.1, 0.15) is 46.0 Å². The van der Waals surface area contributed by atoms with Crippen LogP contribution in [0.15, 0.2) is 0 Å². The topological polar surface area (TPSA) is 90.9 Å². The van der Waals surface area contributed by atoms with Gasteiger partial charge in [-0.3, -0.25) is 4.79 Å². The van der Waals surface area contributed by atoms with Gasteiger partial charge < -0.3 is 25.4 Å². The minimum atomic E-state index is -0.746. The first kappa shape index (κ1) is 19.0. The Morgan fingerprint density at radius 3 is 2.54 bits per heavy atom. The predicted molar refractivity (Wildman–Crippen MR) is 90.6 cm³/mol. The van der Waals surface area contributed by atoms with E-state index in [0.717, 1.165) is 38.8 Å². The first-order valence-electron chi connectivity index (χ1n) is 9.00. The Bertz CT molecular complexity index is 432. The molecule has 7 nitrogen and oxygen atoms in total. The standard InChI is InChI=1S/C17H31N3O4/c1-17(2,12-18-16(23)20-8-4-3-5-9-20)19-10-14(21)11-24-15(22)13-6-7-13/h13-14,19,21H,3-12H2,1-2H3,(H,18,23). The zero-order chi connectivity index (χ0) is 17.6. The number of β-amino-alcohol motifs (C(OH)–C–C–N with tert-alkyl or cyclic N) is 1. The van der Waals surface area contributed by atoms with E-state index in [1.165, 1.54) is 6.42 Å². The van der Waals surface area contributed by atoms with Crippen LogP contribution in [-0.2, 0) is 9.53 Å². The number of nitrogens with one attached hydrogen (secondary N) is 2. The van der Waals surface area contributed by atoms with Crippen LogP contribution in [-0.4, -0.2) is 66.4 Å². The number of rotatable bonds is 8. The SMILES string of the molecule is CC(C)(CNC(=O)N1CCCCC1)NCC(O)COC(=O)C1CC1. The number of urea groups is 1. The lowest BCUT2D eigenvalue weighted by Gasteiger charge is -2.31. The number of nitrogens with zero attached hydrogens (tertiary/aromatic N) is 1. The summed E-state index contributed by atoms with van der Waals surface area (Å²) in [5.74, 6) is -0.159. The summed E-state index contributed by atoms with van der Waals surface area (Å²) in [6.07, 6.45) is 4.39. The number of carbonyl (C=O) groups excluding carboxylic acids is 2. The predicted octanol–water partition coefficient (Wildman–Crippen LogP) is 0.864. The average Bonchev–Trinajstić information content (AvgIpc) is 3.42. The Hall–Kier alpha value is -1.34. The van der Waals surface area contributed by atoms with E-state index in [0.29, 0.717) is 13.1 Å². The molecule has 0 aromatic rings. The summed E-state index contributed by atoms with van der Waals surface area (Å²) in [5.41, 5.74) is -0.354. The number of hydrogen-bond acceptors (Lipinski definition) is 5. The van der Waals surface area contributed by atoms with Crippen molar-refractivity contribution in [2.75, 3.05) is 32.8 Å². The molecule has 2 amide bonds. The third-order valence-corrected chi connectivity index (χ3v) is 4.47. The Labute approximate surface area is 144 Å². The largest absolute Gasteiger partial charge is 0.463 e. The summed E-state index contributed by atoms with van der Waals surface area (Å²) in [7, 11) is 0. The van der Waals surface area contributed by atoms with E-state index >= 15 is 0 Å². The van der Waals surface area contributed by atoms with E-state index in [-0.39, 0.29) is 30.1 Å². The van der Waals surface area contributed by atoms with Crippen LogP contribution in [0.4, 0.5) is 4.79 Å². The van der Waals surface area contributed by atoms with Crippen molar-refractivity contribution in [1.29, 1.82) is 0 Å². The molecule has 1 aliphatic carbocycles. The highest BCUT2D eigenvalue weighted by Crippen LogP contribution is 2.30. The number of esters is 1. The van der Waals surface area contributed by atoms with Crippen molar-refractivity contribution in [3.8, 4) is 0 Å². The lowest BCUT2D eigenvalue weighted by atomic mass is 10.1. The van der Waals surface area contributed by atoms with Gasteiger partial charge in [0.2, 0.25) is 0 Å². The van der Waals surface area contributed by atoms with E-state index < -0.39 is 6.10 Å². The van der Waals surface area contributed by atoms with E-state index in [9.17, 15) is 14.7 Å². The van der Waals surface area contributed by atoms with Crippen molar-refractivity contribution in [1.82, 2.24) is 15.5 Å². The second kappa shape index (κ2) is 8.67. The van der Waals surface area contributed by atoms with Crippen molar-refractivity contribution >= 4 is 12.0 Å². The number of likely N-dealkylation sites (tertiary alicyclic amines) is 1. The Kier molecular flexibility index (Phi) is 6.86. The van der Waals surface area contributed by atoms with E-state index in [1.807, 2.05) is 18.7 Å². The second-order valence-corrected chi connectivity index (χ2v) is 7.53. The molecule has 2 aliphatic rings. The highest BCUT2D eigenvalue weighted by atomic mass is 16.5. The first-order valence-corrected chi connectivity index (χ1v) is 9.00. The fourth-order valence-corrected chi connectivity index (χ4v) is 2.64. The molecule has 0 spiro atoms. The third-order valence-electron chi connectivity index (χ3n) is 4.47. The molecule has 0 radical (unpaired) electrons. The van der Waals surface area contributed by atoms with Crippen molar-refractivity contribution in [3.63, 3.8) is 0 Å². The fourth-order valence-electron chi connectivity index (χ4n) is 2.64. The zero-order valence-corrected chi connectivity index (χ0v) is 14.8. The lowest BCUT2D eigenvalue weighted by molar-refractivity contribution is -0.148. The molecule has 24 heavy (non-hydrogen) atoms. The summed E-state index contributed by atoms with van der Waals surface area (Å²) in [5, 5.41) is 16.1. The van der Waals surface area contributed by atoms with Gasteiger partial charge in [0.1, 0.15) is 12.7 Å². The molecule has 1 unspecified atom stereocenters. The number of piperidine rings is 1. The maximum atomic E-state index is 12.1.